The van der Waals surface area contributed by atoms with Crippen molar-refractivity contribution in [1.29, 1.82) is 0 Å². The summed E-state index contributed by atoms with van der Waals surface area (Å²) in [4.78, 5) is 20.2. The largest absolute Gasteiger partial charge is 0.481 e. The van der Waals surface area contributed by atoms with Crippen LogP contribution in [0.15, 0.2) is 90.2 Å². The number of hydrogen-bond acceptors (Lipinski definition) is 6. The SMILES string of the molecule is COc1ccc(-c2cccc(Cn3cc(S(=O)(=O)CC(=O)Nc4ccccn4)c4c(F)cc(F)cc43)c2)cn1. The molecule has 3 heterocycles. The monoisotopic (exact) mass is 548 g/mol. The van der Waals surface area contributed by atoms with E-state index in [1.54, 1.807) is 24.4 Å². The maximum absolute atomic E-state index is 15.0. The molecule has 5 rings (SSSR count). The third-order valence-electron chi connectivity index (χ3n) is 6.01. The lowest BCUT2D eigenvalue weighted by Gasteiger charge is -2.09. The van der Waals surface area contributed by atoms with Crippen molar-refractivity contribution in [3.05, 3.63) is 103 Å². The summed E-state index contributed by atoms with van der Waals surface area (Å²) in [5.41, 5.74) is 2.47. The summed E-state index contributed by atoms with van der Waals surface area (Å²) < 4.78 is 62.3. The van der Waals surface area contributed by atoms with Gasteiger partial charge in [-0.3, -0.25) is 4.79 Å². The fraction of sp³-hybridized carbons (Fsp3) is 0.107. The highest BCUT2D eigenvalue weighted by Crippen LogP contribution is 2.31. The number of nitrogens with zero attached hydrogens (tertiary/aromatic N) is 3. The van der Waals surface area contributed by atoms with Crippen LogP contribution >= 0.6 is 0 Å². The molecule has 0 atom stereocenters. The van der Waals surface area contributed by atoms with E-state index in [1.807, 2.05) is 30.3 Å². The van der Waals surface area contributed by atoms with Gasteiger partial charge < -0.3 is 14.6 Å². The van der Waals surface area contributed by atoms with Crippen molar-refractivity contribution in [2.45, 2.75) is 11.4 Å². The Labute approximate surface area is 222 Å². The summed E-state index contributed by atoms with van der Waals surface area (Å²) >= 11 is 0. The lowest BCUT2D eigenvalue weighted by atomic mass is 10.0. The summed E-state index contributed by atoms with van der Waals surface area (Å²) in [6.45, 7) is 0.118. The van der Waals surface area contributed by atoms with Crippen LogP contribution < -0.4 is 10.1 Å². The second kappa shape index (κ2) is 10.6. The highest BCUT2D eigenvalue weighted by Gasteiger charge is 2.27. The summed E-state index contributed by atoms with van der Waals surface area (Å²) in [6, 6.07) is 17.5. The van der Waals surface area contributed by atoms with Gasteiger partial charge in [0.15, 0.2) is 9.84 Å². The Morgan fingerprint density at radius 1 is 1.00 bits per heavy atom. The van der Waals surface area contributed by atoms with Crippen molar-refractivity contribution >= 4 is 32.5 Å². The van der Waals surface area contributed by atoms with Crippen LogP contribution in [0.3, 0.4) is 0 Å². The quantitative estimate of drug-likeness (QED) is 0.298. The van der Waals surface area contributed by atoms with Gasteiger partial charge in [-0.25, -0.2) is 27.2 Å². The summed E-state index contributed by atoms with van der Waals surface area (Å²) in [7, 11) is -2.79. The van der Waals surface area contributed by atoms with Gasteiger partial charge in [-0.1, -0.05) is 24.3 Å². The zero-order valence-corrected chi connectivity index (χ0v) is 21.5. The van der Waals surface area contributed by atoms with Gasteiger partial charge in [-0.15, -0.1) is 0 Å². The van der Waals surface area contributed by atoms with E-state index in [0.29, 0.717) is 11.9 Å². The van der Waals surface area contributed by atoms with Crippen LogP contribution in [0.1, 0.15) is 5.56 Å². The molecule has 2 aromatic carbocycles. The Kier molecular flexibility index (Phi) is 7.07. The molecule has 0 unspecified atom stereocenters. The molecule has 198 valence electrons. The zero-order valence-electron chi connectivity index (χ0n) is 20.6. The second-order valence-corrected chi connectivity index (χ2v) is 10.7. The van der Waals surface area contributed by atoms with Crippen LogP contribution in [0.5, 0.6) is 5.88 Å². The highest BCUT2D eigenvalue weighted by atomic mass is 32.2. The van der Waals surface area contributed by atoms with E-state index in [-0.39, 0.29) is 23.3 Å². The number of benzene rings is 2. The minimum atomic E-state index is -4.31. The van der Waals surface area contributed by atoms with E-state index in [0.717, 1.165) is 22.8 Å². The van der Waals surface area contributed by atoms with Gasteiger partial charge >= 0.3 is 0 Å². The van der Waals surface area contributed by atoms with E-state index < -0.39 is 38.0 Å². The first-order valence-electron chi connectivity index (χ1n) is 11.7. The van der Waals surface area contributed by atoms with Crippen LogP contribution in [-0.4, -0.2) is 41.7 Å². The van der Waals surface area contributed by atoms with Crippen LogP contribution in [0.4, 0.5) is 14.6 Å². The van der Waals surface area contributed by atoms with Crippen LogP contribution in [0.25, 0.3) is 22.0 Å². The van der Waals surface area contributed by atoms with E-state index in [1.165, 1.54) is 30.1 Å². The van der Waals surface area contributed by atoms with E-state index in [2.05, 4.69) is 15.3 Å². The molecule has 0 aliphatic heterocycles. The number of aromatic nitrogens is 3. The molecule has 0 fully saturated rings. The Bertz CT molecular complexity index is 1770. The van der Waals surface area contributed by atoms with Crippen molar-refractivity contribution in [2.75, 3.05) is 18.2 Å². The fourth-order valence-electron chi connectivity index (χ4n) is 4.26. The van der Waals surface area contributed by atoms with Gasteiger partial charge in [0.2, 0.25) is 11.8 Å². The predicted molar refractivity (Wildman–Crippen MR) is 142 cm³/mol. The average Bonchev–Trinajstić information content (AvgIpc) is 3.28. The summed E-state index contributed by atoms with van der Waals surface area (Å²) in [5, 5.41) is 2.13. The number of hydrogen-bond donors (Lipinski definition) is 1. The maximum atomic E-state index is 15.0. The Morgan fingerprint density at radius 2 is 1.85 bits per heavy atom. The fourth-order valence-corrected chi connectivity index (χ4v) is 5.63. The first kappa shape index (κ1) is 26.0. The highest BCUT2D eigenvalue weighted by molar-refractivity contribution is 7.92. The minimum absolute atomic E-state index is 0.0488. The topological polar surface area (TPSA) is 103 Å². The van der Waals surface area contributed by atoms with E-state index in [4.69, 9.17) is 4.74 Å². The predicted octanol–water partition coefficient (Wildman–Crippen LogP) is 4.85. The average molecular weight is 549 g/mol. The van der Waals surface area contributed by atoms with Gasteiger partial charge in [-0.05, 0) is 41.5 Å². The van der Waals surface area contributed by atoms with Gasteiger partial charge in [0, 0.05) is 42.8 Å². The van der Waals surface area contributed by atoms with Gasteiger partial charge in [0.05, 0.1) is 22.9 Å². The number of pyridine rings is 2. The summed E-state index contributed by atoms with van der Waals surface area (Å²) in [6.07, 6.45) is 4.34. The number of sulfone groups is 1. The smallest absolute Gasteiger partial charge is 0.241 e. The molecule has 5 aromatic rings. The van der Waals surface area contributed by atoms with Crippen LogP contribution in [0.2, 0.25) is 0 Å². The normalized spacial score (nSPS) is 11.5. The third kappa shape index (κ3) is 5.63. The van der Waals surface area contributed by atoms with E-state index in [9.17, 15) is 22.0 Å². The lowest BCUT2D eigenvalue weighted by Crippen LogP contribution is -2.23. The minimum Gasteiger partial charge on any atom is -0.481 e. The molecular formula is C28H22F2N4O4S. The number of amides is 1. The first-order chi connectivity index (χ1) is 18.7. The number of carbonyl (C=O) groups excluding carboxylic acids is 1. The van der Waals surface area contributed by atoms with Crippen molar-refractivity contribution in [1.82, 2.24) is 14.5 Å². The van der Waals surface area contributed by atoms with Crippen molar-refractivity contribution in [2.24, 2.45) is 0 Å². The summed E-state index contributed by atoms with van der Waals surface area (Å²) in [5.74, 6) is -3.02. The van der Waals surface area contributed by atoms with Crippen LogP contribution in [-0.2, 0) is 21.2 Å². The number of rotatable bonds is 8. The molecule has 0 spiro atoms. The van der Waals surface area contributed by atoms with Gasteiger partial charge in [0.1, 0.15) is 23.2 Å². The molecule has 0 saturated carbocycles. The van der Waals surface area contributed by atoms with Gasteiger partial charge in [-0.2, -0.15) is 0 Å². The number of ether oxygens (including phenoxy) is 1. The first-order valence-corrected chi connectivity index (χ1v) is 13.4. The molecule has 3 aromatic heterocycles. The number of halogens is 2. The Hall–Kier alpha value is -4.64. The number of nitrogens with one attached hydrogen (secondary N) is 1. The Balaban J connectivity index is 1.49. The molecule has 0 bridgehead atoms. The van der Waals surface area contributed by atoms with Crippen molar-refractivity contribution in [3.8, 4) is 17.0 Å². The Morgan fingerprint density at radius 3 is 2.56 bits per heavy atom. The molecule has 8 nitrogen and oxygen atoms in total. The molecule has 0 radical (unpaired) electrons. The molecule has 1 N–H and O–H groups in total. The number of methoxy groups -OCH3 is 1. The number of anilines is 1. The maximum Gasteiger partial charge on any atom is 0.241 e. The molecule has 0 aliphatic carbocycles. The molecule has 39 heavy (non-hydrogen) atoms. The molecule has 0 saturated heterocycles. The lowest BCUT2D eigenvalue weighted by molar-refractivity contribution is -0.113. The third-order valence-corrected chi connectivity index (χ3v) is 7.63. The number of carbonyl (C=O) groups is 1. The van der Waals surface area contributed by atoms with Crippen molar-refractivity contribution < 1.29 is 26.7 Å². The number of fused-ring (bicyclic) bond motifs is 1. The standard InChI is InChI=1S/C28H22F2N4O4S/c1-38-27-9-8-20(14-32-27)19-6-4-5-18(11-19)15-34-16-24(28-22(30)12-21(29)13-23(28)34)39(36,37)17-26(35)33-25-7-2-3-10-31-25/h2-14,16H,15,17H2,1H3,(H,31,33,35). The second-order valence-electron chi connectivity index (χ2n) is 8.71. The van der Waals surface area contributed by atoms with E-state index >= 15 is 0 Å². The molecule has 11 heteroatoms. The molecule has 1 amide bonds. The van der Waals surface area contributed by atoms with Gasteiger partial charge in [0.25, 0.3) is 0 Å². The molecular weight excluding hydrogens is 526 g/mol. The molecule has 0 aliphatic rings. The van der Waals surface area contributed by atoms with Crippen LogP contribution in [0, 0.1) is 11.6 Å². The zero-order chi connectivity index (χ0) is 27.6. The van der Waals surface area contributed by atoms with Crippen molar-refractivity contribution in [3.63, 3.8) is 0 Å².